The van der Waals surface area contributed by atoms with Crippen LogP contribution in [0.4, 0.5) is 0 Å². The number of hydrogen-bond donors (Lipinski definition) is 1. The van der Waals surface area contributed by atoms with Crippen molar-refractivity contribution in [1.82, 2.24) is 10.3 Å². The number of methoxy groups -OCH3 is 1. The summed E-state index contributed by atoms with van der Waals surface area (Å²) >= 11 is 3.43. The van der Waals surface area contributed by atoms with Crippen molar-refractivity contribution in [2.24, 2.45) is 0 Å². The van der Waals surface area contributed by atoms with Crippen LogP contribution in [0.1, 0.15) is 24.0 Å². The Balaban J connectivity index is 1.71. The number of halogens is 1. The van der Waals surface area contributed by atoms with Gasteiger partial charge in [-0.05, 0) is 36.6 Å². The third-order valence-electron chi connectivity index (χ3n) is 4.06. The zero-order valence-corrected chi connectivity index (χ0v) is 13.9. The van der Waals surface area contributed by atoms with Gasteiger partial charge in [0, 0.05) is 22.8 Å². The summed E-state index contributed by atoms with van der Waals surface area (Å²) in [5.41, 5.74) is 1.59. The maximum Gasteiger partial charge on any atom is 0.230 e. The van der Waals surface area contributed by atoms with Crippen LogP contribution in [0, 0.1) is 0 Å². The lowest BCUT2D eigenvalue weighted by Crippen LogP contribution is -2.34. The second-order valence-electron chi connectivity index (χ2n) is 5.44. The molecule has 1 aliphatic rings. The molecule has 0 atom stereocenters. The highest BCUT2D eigenvalue weighted by Crippen LogP contribution is 2.48. The Labute approximate surface area is 138 Å². The molecule has 0 unspecified atom stereocenters. The van der Waals surface area contributed by atoms with Crippen LogP contribution in [-0.2, 0) is 16.8 Å². The van der Waals surface area contributed by atoms with E-state index in [4.69, 9.17) is 4.74 Å². The summed E-state index contributed by atoms with van der Waals surface area (Å²) in [6.45, 7) is 0.425. The summed E-state index contributed by atoms with van der Waals surface area (Å²) in [7, 11) is 1.58. The molecule has 3 rings (SSSR count). The molecular weight excluding hydrogens is 344 g/mol. The van der Waals surface area contributed by atoms with E-state index in [-0.39, 0.29) is 11.3 Å². The quantitative estimate of drug-likeness (QED) is 0.890. The first-order valence-electron chi connectivity index (χ1n) is 7.18. The molecule has 1 N–H and O–H groups in total. The van der Waals surface area contributed by atoms with E-state index < -0.39 is 0 Å². The summed E-state index contributed by atoms with van der Waals surface area (Å²) < 4.78 is 6.23. The SMILES string of the molecule is COc1ncccc1CNC(=O)C1(c2ccc(Br)cc2)CC1. The highest BCUT2D eigenvalue weighted by atomic mass is 79.9. The number of nitrogens with one attached hydrogen (secondary N) is 1. The second-order valence-corrected chi connectivity index (χ2v) is 6.36. The van der Waals surface area contributed by atoms with Crippen molar-refractivity contribution in [3.63, 3.8) is 0 Å². The Hall–Kier alpha value is -1.88. The Morgan fingerprint density at radius 3 is 2.68 bits per heavy atom. The third kappa shape index (κ3) is 2.86. The van der Waals surface area contributed by atoms with Gasteiger partial charge in [-0.2, -0.15) is 0 Å². The number of amides is 1. The molecule has 1 amide bonds. The molecule has 0 aliphatic heterocycles. The average molecular weight is 361 g/mol. The van der Waals surface area contributed by atoms with Crippen molar-refractivity contribution < 1.29 is 9.53 Å². The normalized spacial score (nSPS) is 15.2. The number of aromatic nitrogens is 1. The maximum absolute atomic E-state index is 12.6. The largest absolute Gasteiger partial charge is 0.481 e. The van der Waals surface area contributed by atoms with Gasteiger partial charge in [0.2, 0.25) is 11.8 Å². The van der Waals surface area contributed by atoms with Crippen LogP contribution < -0.4 is 10.1 Å². The van der Waals surface area contributed by atoms with E-state index in [0.29, 0.717) is 12.4 Å². The van der Waals surface area contributed by atoms with E-state index >= 15 is 0 Å². The number of hydrogen-bond acceptors (Lipinski definition) is 3. The number of rotatable bonds is 5. The van der Waals surface area contributed by atoms with Gasteiger partial charge < -0.3 is 10.1 Å². The fraction of sp³-hybridized carbons (Fsp3) is 0.294. The molecule has 1 aromatic carbocycles. The Morgan fingerprint density at radius 1 is 1.32 bits per heavy atom. The maximum atomic E-state index is 12.6. The van der Waals surface area contributed by atoms with Crippen LogP contribution in [0.3, 0.4) is 0 Å². The van der Waals surface area contributed by atoms with Crippen LogP contribution >= 0.6 is 15.9 Å². The number of carbonyl (C=O) groups excluding carboxylic acids is 1. The van der Waals surface area contributed by atoms with Crippen LogP contribution in [0.2, 0.25) is 0 Å². The fourth-order valence-electron chi connectivity index (χ4n) is 2.63. The Kier molecular flexibility index (Phi) is 4.16. The molecule has 2 aromatic rings. The second kappa shape index (κ2) is 6.08. The molecule has 0 spiro atoms. The van der Waals surface area contributed by atoms with E-state index in [0.717, 1.165) is 28.4 Å². The average Bonchev–Trinajstić information content (AvgIpc) is 3.35. The first-order valence-corrected chi connectivity index (χ1v) is 7.97. The number of ether oxygens (including phenoxy) is 1. The van der Waals surface area contributed by atoms with Gasteiger partial charge in [0.15, 0.2) is 0 Å². The lowest BCUT2D eigenvalue weighted by molar-refractivity contribution is -0.123. The number of nitrogens with zero attached hydrogens (tertiary/aromatic N) is 1. The van der Waals surface area contributed by atoms with Gasteiger partial charge in [-0.25, -0.2) is 4.98 Å². The molecule has 22 heavy (non-hydrogen) atoms. The summed E-state index contributed by atoms with van der Waals surface area (Å²) in [5, 5.41) is 3.02. The zero-order valence-electron chi connectivity index (χ0n) is 12.3. The molecule has 1 fully saturated rings. The van der Waals surface area contributed by atoms with Crippen LogP contribution in [0.25, 0.3) is 0 Å². The highest BCUT2D eigenvalue weighted by Gasteiger charge is 2.51. The summed E-state index contributed by atoms with van der Waals surface area (Å²) in [4.78, 5) is 16.7. The lowest BCUT2D eigenvalue weighted by Gasteiger charge is -2.16. The Morgan fingerprint density at radius 2 is 2.05 bits per heavy atom. The van der Waals surface area contributed by atoms with Crippen molar-refractivity contribution >= 4 is 21.8 Å². The van der Waals surface area contributed by atoms with Gasteiger partial charge in [0.05, 0.1) is 12.5 Å². The number of benzene rings is 1. The third-order valence-corrected chi connectivity index (χ3v) is 4.59. The molecule has 0 saturated heterocycles. The smallest absolute Gasteiger partial charge is 0.230 e. The van der Waals surface area contributed by atoms with Gasteiger partial charge in [-0.1, -0.05) is 34.1 Å². The molecule has 1 aliphatic carbocycles. The minimum Gasteiger partial charge on any atom is -0.481 e. The molecule has 0 radical (unpaired) electrons. The number of pyridine rings is 1. The van der Waals surface area contributed by atoms with Crippen molar-refractivity contribution in [2.75, 3.05) is 7.11 Å². The summed E-state index contributed by atoms with van der Waals surface area (Å²) in [6, 6.07) is 11.7. The van der Waals surface area contributed by atoms with E-state index in [1.807, 2.05) is 36.4 Å². The van der Waals surface area contributed by atoms with Crippen molar-refractivity contribution in [2.45, 2.75) is 24.8 Å². The first kappa shape index (κ1) is 15.0. The van der Waals surface area contributed by atoms with Crippen molar-refractivity contribution in [1.29, 1.82) is 0 Å². The molecule has 1 heterocycles. The van der Waals surface area contributed by atoms with Crippen LogP contribution in [0.15, 0.2) is 47.1 Å². The first-order chi connectivity index (χ1) is 10.7. The Bertz CT molecular complexity index is 681. The molecule has 1 saturated carbocycles. The van der Waals surface area contributed by atoms with Gasteiger partial charge in [0.25, 0.3) is 0 Å². The minimum absolute atomic E-state index is 0.0701. The molecule has 0 bridgehead atoms. The topological polar surface area (TPSA) is 51.2 Å². The van der Waals surface area contributed by atoms with E-state index in [1.54, 1.807) is 13.3 Å². The summed E-state index contributed by atoms with van der Waals surface area (Å²) in [5.74, 6) is 0.622. The molecule has 1 aromatic heterocycles. The van der Waals surface area contributed by atoms with Gasteiger partial charge in [-0.3, -0.25) is 4.79 Å². The van der Waals surface area contributed by atoms with Gasteiger partial charge >= 0.3 is 0 Å². The monoisotopic (exact) mass is 360 g/mol. The fourth-order valence-corrected chi connectivity index (χ4v) is 2.89. The van der Waals surface area contributed by atoms with E-state index in [2.05, 4.69) is 26.2 Å². The standard InChI is InChI=1S/C17H17BrN2O2/c1-22-15-12(3-2-10-19-15)11-20-16(21)17(8-9-17)13-4-6-14(18)7-5-13/h2-7,10H,8-9,11H2,1H3,(H,20,21). The molecule has 5 heteroatoms. The molecule has 114 valence electrons. The molecular formula is C17H17BrN2O2. The van der Waals surface area contributed by atoms with Crippen LogP contribution in [0.5, 0.6) is 5.88 Å². The number of carbonyl (C=O) groups is 1. The zero-order chi connectivity index (χ0) is 15.6. The minimum atomic E-state index is -0.365. The molecule has 4 nitrogen and oxygen atoms in total. The van der Waals surface area contributed by atoms with Gasteiger partial charge in [-0.15, -0.1) is 0 Å². The lowest BCUT2D eigenvalue weighted by atomic mass is 9.95. The predicted molar refractivity (Wildman–Crippen MR) is 87.7 cm³/mol. The predicted octanol–water partition coefficient (Wildman–Crippen LogP) is 3.20. The van der Waals surface area contributed by atoms with E-state index in [9.17, 15) is 4.79 Å². The van der Waals surface area contributed by atoms with E-state index in [1.165, 1.54) is 0 Å². The van der Waals surface area contributed by atoms with Gasteiger partial charge in [0.1, 0.15) is 0 Å². The summed E-state index contributed by atoms with van der Waals surface area (Å²) in [6.07, 6.45) is 3.46. The van der Waals surface area contributed by atoms with Crippen molar-refractivity contribution in [3.05, 3.63) is 58.2 Å². The highest BCUT2D eigenvalue weighted by molar-refractivity contribution is 9.10. The van der Waals surface area contributed by atoms with Crippen molar-refractivity contribution in [3.8, 4) is 5.88 Å². The van der Waals surface area contributed by atoms with Crippen LogP contribution in [-0.4, -0.2) is 18.0 Å².